The Kier molecular flexibility index (Phi) is 4.12. The van der Waals surface area contributed by atoms with E-state index in [1.54, 1.807) is 12.1 Å². The van der Waals surface area contributed by atoms with Gasteiger partial charge in [-0.15, -0.1) is 10.2 Å². The highest BCUT2D eigenvalue weighted by molar-refractivity contribution is 5.92. The van der Waals surface area contributed by atoms with E-state index in [4.69, 9.17) is 0 Å². The van der Waals surface area contributed by atoms with Gasteiger partial charge in [0, 0.05) is 13.1 Å². The summed E-state index contributed by atoms with van der Waals surface area (Å²) < 4.78 is 0. The van der Waals surface area contributed by atoms with E-state index in [1.165, 1.54) is 6.42 Å². The first-order valence-corrected chi connectivity index (χ1v) is 6.56. The van der Waals surface area contributed by atoms with Gasteiger partial charge in [-0.1, -0.05) is 13.8 Å². The summed E-state index contributed by atoms with van der Waals surface area (Å²) in [5, 5.41) is 13.9. The van der Waals surface area contributed by atoms with Crippen LogP contribution in [0.5, 0.6) is 0 Å². The minimum absolute atomic E-state index is 0.136. The highest BCUT2D eigenvalue weighted by atomic mass is 16.1. The summed E-state index contributed by atoms with van der Waals surface area (Å²) in [5.74, 6) is 1.97. The molecule has 1 heterocycles. The van der Waals surface area contributed by atoms with E-state index in [0.717, 1.165) is 25.4 Å². The molecule has 1 aromatic rings. The van der Waals surface area contributed by atoms with Gasteiger partial charge in [0.15, 0.2) is 5.69 Å². The first-order chi connectivity index (χ1) is 8.70. The van der Waals surface area contributed by atoms with Crippen molar-refractivity contribution in [2.45, 2.75) is 26.7 Å². The molecule has 0 aromatic carbocycles. The molecule has 1 aliphatic carbocycles. The molecule has 98 valence electrons. The number of aromatic nitrogens is 2. The maximum absolute atomic E-state index is 11.8. The Hall–Kier alpha value is -1.65. The Morgan fingerprint density at radius 1 is 1.44 bits per heavy atom. The number of carbonyl (C=O) groups excluding carboxylic acids is 1. The molecule has 2 unspecified atom stereocenters. The quantitative estimate of drug-likeness (QED) is 0.804. The van der Waals surface area contributed by atoms with Crippen LogP contribution in [0.25, 0.3) is 0 Å². The van der Waals surface area contributed by atoms with Crippen LogP contribution in [-0.2, 0) is 0 Å². The predicted molar refractivity (Wildman–Crippen MR) is 70.4 cm³/mol. The van der Waals surface area contributed by atoms with E-state index in [2.05, 4.69) is 34.7 Å². The number of nitrogens with one attached hydrogen (secondary N) is 2. The molecular weight excluding hydrogens is 228 g/mol. The number of nitrogens with zero attached hydrogens (tertiary/aromatic N) is 2. The lowest BCUT2D eigenvalue weighted by atomic mass is 10.3. The van der Waals surface area contributed by atoms with Crippen LogP contribution in [0, 0.1) is 11.8 Å². The van der Waals surface area contributed by atoms with Crippen molar-refractivity contribution in [1.29, 1.82) is 0 Å². The first-order valence-electron chi connectivity index (χ1n) is 6.56. The average molecular weight is 248 g/mol. The lowest BCUT2D eigenvalue weighted by molar-refractivity contribution is 0.0945. The number of rotatable bonds is 6. The molecule has 5 heteroatoms. The normalized spacial score (nSPS) is 21.4. The van der Waals surface area contributed by atoms with Crippen molar-refractivity contribution in [3.8, 4) is 0 Å². The van der Waals surface area contributed by atoms with E-state index in [1.807, 2.05) is 0 Å². The molecule has 1 aliphatic rings. The molecule has 1 aromatic heterocycles. The second-order valence-electron chi connectivity index (χ2n) is 4.91. The molecule has 18 heavy (non-hydrogen) atoms. The molecule has 0 spiro atoms. The van der Waals surface area contributed by atoms with E-state index in [-0.39, 0.29) is 5.91 Å². The second kappa shape index (κ2) is 5.80. The van der Waals surface area contributed by atoms with Gasteiger partial charge in [-0.3, -0.25) is 4.79 Å². The van der Waals surface area contributed by atoms with Gasteiger partial charge < -0.3 is 10.6 Å². The van der Waals surface area contributed by atoms with Crippen molar-refractivity contribution < 1.29 is 4.79 Å². The summed E-state index contributed by atoms with van der Waals surface area (Å²) >= 11 is 0. The molecule has 2 atom stereocenters. The second-order valence-corrected chi connectivity index (χ2v) is 4.91. The van der Waals surface area contributed by atoms with Crippen LogP contribution < -0.4 is 10.6 Å². The van der Waals surface area contributed by atoms with Crippen LogP contribution in [0.3, 0.4) is 0 Å². The van der Waals surface area contributed by atoms with Gasteiger partial charge in [0.1, 0.15) is 5.82 Å². The van der Waals surface area contributed by atoms with E-state index in [0.29, 0.717) is 17.4 Å². The maximum atomic E-state index is 11.8. The minimum atomic E-state index is -0.136. The summed E-state index contributed by atoms with van der Waals surface area (Å²) in [7, 11) is 0. The summed E-state index contributed by atoms with van der Waals surface area (Å²) in [6, 6.07) is 3.49. The molecule has 0 radical (unpaired) electrons. The van der Waals surface area contributed by atoms with Crippen molar-refractivity contribution in [3.63, 3.8) is 0 Å². The molecule has 2 N–H and O–H groups in total. The van der Waals surface area contributed by atoms with Crippen molar-refractivity contribution in [2.24, 2.45) is 11.8 Å². The average Bonchev–Trinajstić information content (AvgIpc) is 3.10. The molecule has 1 amide bonds. The van der Waals surface area contributed by atoms with Crippen LogP contribution in [0.2, 0.25) is 0 Å². The summed E-state index contributed by atoms with van der Waals surface area (Å²) in [6.07, 6.45) is 2.25. The van der Waals surface area contributed by atoms with Gasteiger partial charge in [-0.25, -0.2) is 0 Å². The van der Waals surface area contributed by atoms with Gasteiger partial charge in [0.25, 0.3) is 5.91 Å². The van der Waals surface area contributed by atoms with Gasteiger partial charge in [0.05, 0.1) is 0 Å². The van der Waals surface area contributed by atoms with E-state index in [9.17, 15) is 4.79 Å². The molecule has 2 rings (SSSR count). The number of anilines is 1. The predicted octanol–water partition coefficient (Wildman–Crippen LogP) is 1.68. The third-order valence-corrected chi connectivity index (χ3v) is 3.25. The van der Waals surface area contributed by atoms with Crippen LogP contribution in [0.15, 0.2) is 12.1 Å². The fourth-order valence-electron chi connectivity index (χ4n) is 1.80. The molecule has 0 bridgehead atoms. The van der Waals surface area contributed by atoms with Gasteiger partial charge in [-0.2, -0.15) is 0 Å². The smallest absolute Gasteiger partial charge is 0.271 e. The zero-order valence-electron chi connectivity index (χ0n) is 10.9. The maximum Gasteiger partial charge on any atom is 0.271 e. The Balaban J connectivity index is 1.82. The highest BCUT2D eigenvalue weighted by Gasteiger charge is 2.32. The lowest BCUT2D eigenvalue weighted by Crippen LogP contribution is -2.27. The van der Waals surface area contributed by atoms with Gasteiger partial charge in [0.2, 0.25) is 0 Å². The molecular formula is C13H20N4O. The first kappa shape index (κ1) is 12.8. The topological polar surface area (TPSA) is 66.9 Å². The zero-order chi connectivity index (χ0) is 13.0. The number of hydrogen-bond acceptors (Lipinski definition) is 4. The van der Waals surface area contributed by atoms with Gasteiger partial charge in [-0.05, 0) is 36.8 Å². The monoisotopic (exact) mass is 248 g/mol. The zero-order valence-corrected chi connectivity index (χ0v) is 10.9. The standard InChI is InChI=1S/C13H20N4O/c1-3-6-14-12-5-4-11(16-17-12)13(18)15-8-10-7-9(10)2/h4-5,9-10H,3,6-8H2,1-2H3,(H,14,17)(H,15,18). The molecule has 1 fully saturated rings. The number of carbonyl (C=O) groups is 1. The Morgan fingerprint density at radius 3 is 2.78 bits per heavy atom. The fraction of sp³-hybridized carbons (Fsp3) is 0.615. The van der Waals surface area contributed by atoms with Crippen molar-refractivity contribution in [3.05, 3.63) is 17.8 Å². The third kappa shape index (κ3) is 3.42. The summed E-state index contributed by atoms with van der Waals surface area (Å²) in [6.45, 7) is 5.89. The van der Waals surface area contributed by atoms with Crippen LogP contribution >= 0.6 is 0 Å². The van der Waals surface area contributed by atoms with Crippen LogP contribution in [-0.4, -0.2) is 29.2 Å². The number of amides is 1. The third-order valence-electron chi connectivity index (χ3n) is 3.25. The van der Waals surface area contributed by atoms with Crippen LogP contribution in [0.1, 0.15) is 37.2 Å². The fourth-order valence-corrected chi connectivity index (χ4v) is 1.80. The molecule has 1 saturated carbocycles. The van der Waals surface area contributed by atoms with Crippen molar-refractivity contribution >= 4 is 11.7 Å². The lowest BCUT2D eigenvalue weighted by Gasteiger charge is -2.05. The number of hydrogen-bond donors (Lipinski definition) is 2. The highest BCUT2D eigenvalue weighted by Crippen LogP contribution is 2.36. The molecule has 5 nitrogen and oxygen atoms in total. The van der Waals surface area contributed by atoms with E-state index < -0.39 is 0 Å². The minimum Gasteiger partial charge on any atom is -0.369 e. The molecule has 0 aliphatic heterocycles. The molecule has 0 saturated heterocycles. The summed E-state index contributed by atoms with van der Waals surface area (Å²) in [5.41, 5.74) is 0.380. The van der Waals surface area contributed by atoms with Crippen molar-refractivity contribution in [1.82, 2.24) is 15.5 Å². The Morgan fingerprint density at radius 2 is 2.22 bits per heavy atom. The van der Waals surface area contributed by atoms with E-state index >= 15 is 0 Å². The van der Waals surface area contributed by atoms with Gasteiger partial charge >= 0.3 is 0 Å². The van der Waals surface area contributed by atoms with Crippen LogP contribution in [0.4, 0.5) is 5.82 Å². The Labute approximate surface area is 107 Å². The Bertz CT molecular complexity index is 404. The van der Waals surface area contributed by atoms with Crippen molar-refractivity contribution in [2.75, 3.05) is 18.4 Å². The summed E-state index contributed by atoms with van der Waals surface area (Å²) in [4.78, 5) is 11.8. The SMILES string of the molecule is CCCNc1ccc(C(=O)NCC2CC2C)nn1. The largest absolute Gasteiger partial charge is 0.369 e.